The molecule has 0 saturated carbocycles. The smallest absolute Gasteiger partial charge is 0.0145 e. The summed E-state index contributed by atoms with van der Waals surface area (Å²) in [5.74, 6) is 0. The summed E-state index contributed by atoms with van der Waals surface area (Å²) in [5, 5.41) is 0. The quantitative estimate of drug-likeness (QED) is 0.747. The lowest BCUT2D eigenvalue weighted by atomic mass is 10.0. The fraction of sp³-hybridized carbons (Fsp3) is 0.571. The first-order chi connectivity index (χ1) is 7.75. The summed E-state index contributed by atoms with van der Waals surface area (Å²) < 4.78 is 0. The van der Waals surface area contributed by atoms with E-state index < -0.39 is 0 Å². The molecule has 0 bridgehead atoms. The van der Waals surface area contributed by atoms with E-state index in [1.165, 1.54) is 38.0 Å². The van der Waals surface area contributed by atoms with Crippen LogP contribution in [0.4, 0.5) is 0 Å². The SMILES string of the molecule is CN1CCC(Cc2ccccc2)N(C)CC1. The van der Waals surface area contributed by atoms with Crippen LogP contribution in [-0.2, 0) is 6.42 Å². The highest BCUT2D eigenvalue weighted by molar-refractivity contribution is 5.16. The monoisotopic (exact) mass is 218 g/mol. The molecule has 1 fully saturated rings. The number of benzene rings is 1. The van der Waals surface area contributed by atoms with Gasteiger partial charge in [0.15, 0.2) is 0 Å². The molecule has 0 N–H and O–H groups in total. The molecule has 88 valence electrons. The molecule has 1 saturated heterocycles. The fourth-order valence-corrected chi connectivity index (χ4v) is 2.36. The van der Waals surface area contributed by atoms with E-state index >= 15 is 0 Å². The molecule has 1 aliphatic rings. The first-order valence-electron chi connectivity index (χ1n) is 6.18. The van der Waals surface area contributed by atoms with Gasteiger partial charge in [0.05, 0.1) is 0 Å². The van der Waals surface area contributed by atoms with Gasteiger partial charge in [-0.15, -0.1) is 0 Å². The van der Waals surface area contributed by atoms with Gasteiger partial charge in [0, 0.05) is 19.1 Å². The summed E-state index contributed by atoms with van der Waals surface area (Å²) in [7, 11) is 4.48. The third-order valence-electron chi connectivity index (χ3n) is 3.62. The molecular weight excluding hydrogens is 196 g/mol. The van der Waals surface area contributed by atoms with Crippen molar-refractivity contribution in [1.82, 2.24) is 9.80 Å². The summed E-state index contributed by atoms with van der Waals surface area (Å²) in [5.41, 5.74) is 1.46. The van der Waals surface area contributed by atoms with Crippen LogP contribution in [0.1, 0.15) is 12.0 Å². The molecule has 1 aliphatic heterocycles. The molecule has 16 heavy (non-hydrogen) atoms. The molecular formula is C14H22N2. The molecule has 0 aromatic heterocycles. The number of nitrogens with zero attached hydrogens (tertiary/aromatic N) is 2. The zero-order valence-electron chi connectivity index (χ0n) is 10.4. The molecule has 2 nitrogen and oxygen atoms in total. The maximum Gasteiger partial charge on any atom is 0.0145 e. The Morgan fingerprint density at radius 2 is 1.81 bits per heavy atom. The van der Waals surface area contributed by atoms with E-state index in [0.717, 1.165) is 0 Å². The minimum absolute atomic E-state index is 0.701. The Labute approximate surface area is 98.9 Å². The first-order valence-corrected chi connectivity index (χ1v) is 6.18. The van der Waals surface area contributed by atoms with Crippen LogP contribution in [0.25, 0.3) is 0 Å². The van der Waals surface area contributed by atoms with E-state index in [0.29, 0.717) is 6.04 Å². The van der Waals surface area contributed by atoms with Gasteiger partial charge in [-0.25, -0.2) is 0 Å². The van der Waals surface area contributed by atoms with Gasteiger partial charge in [-0.2, -0.15) is 0 Å². The van der Waals surface area contributed by atoms with Gasteiger partial charge in [0.25, 0.3) is 0 Å². The van der Waals surface area contributed by atoms with E-state index in [4.69, 9.17) is 0 Å². The largest absolute Gasteiger partial charge is 0.305 e. The molecule has 0 radical (unpaired) electrons. The van der Waals surface area contributed by atoms with E-state index in [-0.39, 0.29) is 0 Å². The van der Waals surface area contributed by atoms with Crippen molar-refractivity contribution in [2.45, 2.75) is 18.9 Å². The van der Waals surface area contributed by atoms with Gasteiger partial charge in [-0.3, -0.25) is 0 Å². The van der Waals surface area contributed by atoms with Crippen molar-refractivity contribution in [3.63, 3.8) is 0 Å². The number of hydrogen-bond donors (Lipinski definition) is 0. The molecule has 1 aromatic rings. The number of rotatable bonds is 2. The molecule has 2 rings (SSSR count). The van der Waals surface area contributed by atoms with Crippen LogP contribution in [0.3, 0.4) is 0 Å². The zero-order valence-corrected chi connectivity index (χ0v) is 10.4. The second-order valence-corrected chi connectivity index (χ2v) is 4.92. The molecule has 2 heteroatoms. The summed E-state index contributed by atoms with van der Waals surface area (Å²) in [6.07, 6.45) is 2.47. The van der Waals surface area contributed by atoms with Gasteiger partial charge in [-0.1, -0.05) is 30.3 Å². The Morgan fingerprint density at radius 3 is 2.56 bits per heavy atom. The summed E-state index contributed by atoms with van der Waals surface area (Å²) in [6.45, 7) is 3.61. The van der Waals surface area contributed by atoms with E-state index in [1.54, 1.807) is 0 Å². The molecule has 1 atom stereocenters. The predicted molar refractivity (Wildman–Crippen MR) is 68.7 cm³/mol. The van der Waals surface area contributed by atoms with Crippen LogP contribution < -0.4 is 0 Å². The predicted octanol–water partition coefficient (Wildman–Crippen LogP) is 1.86. The van der Waals surface area contributed by atoms with Crippen LogP contribution in [0.2, 0.25) is 0 Å². The van der Waals surface area contributed by atoms with Crippen molar-refractivity contribution < 1.29 is 0 Å². The highest BCUT2D eigenvalue weighted by atomic mass is 15.2. The maximum atomic E-state index is 2.51. The molecule has 1 unspecified atom stereocenters. The van der Waals surface area contributed by atoms with Crippen molar-refractivity contribution in [3.8, 4) is 0 Å². The van der Waals surface area contributed by atoms with Gasteiger partial charge >= 0.3 is 0 Å². The summed E-state index contributed by atoms with van der Waals surface area (Å²) >= 11 is 0. The lowest BCUT2D eigenvalue weighted by Crippen LogP contribution is -2.34. The van der Waals surface area contributed by atoms with Crippen LogP contribution in [0.5, 0.6) is 0 Å². The molecule has 1 aromatic carbocycles. The minimum Gasteiger partial charge on any atom is -0.305 e. The normalized spacial score (nSPS) is 24.2. The van der Waals surface area contributed by atoms with E-state index in [9.17, 15) is 0 Å². The Morgan fingerprint density at radius 1 is 1.06 bits per heavy atom. The second kappa shape index (κ2) is 5.46. The van der Waals surface area contributed by atoms with Crippen LogP contribution in [-0.4, -0.2) is 49.6 Å². The third kappa shape index (κ3) is 3.06. The van der Waals surface area contributed by atoms with E-state index in [2.05, 4.69) is 54.2 Å². The summed E-state index contributed by atoms with van der Waals surface area (Å²) in [4.78, 5) is 4.94. The van der Waals surface area contributed by atoms with Gasteiger partial charge < -0.3 is 9.80 Å². The standard InChI is InChI=1S/C14H22N2/c1-15-9-8-14(16(2)11-10-15)12-13-6-4-3-5-7-13/h3-7,14H,8-12H2,1-2H3. The highest BCUT2D eigenvalue weighted by Crippen LogP contribution is 2.13. The first kappa shape index (κ1) is 11.6. The average molecular weight is 218 g/mol. The van der Waals surface area contributed by atoms with Crippen molar-refractivity contribution in [2.75, 3.05) is 33.7 Å². The maximum absolute atomic E-state index is 2.51. The molecule has 0 spiro atoms. The third-order valence-corrected chi connectivity index (χ3v) is 3.62. The van der Waals surface area contributed by atoms with Gasteiger partial charge in [0.1, 0.15) is 0 Å². The molecule has 0 aliphatic carbocycles. The van der Waals surface area contributed by atoms with Crippen LogP contribution >= 0.6 is 0 Å². The van der Waals surface area contributed by atoms with Gasteiger partial charge in [0.2, 0.25) is 0 Å². The number of likely N-dealkylation sites (N-methyl/N-ethyl adjacent to an activating group) is 2. The van der Waals surface area contributed by atoms with Crippen molar-refractivity contribution in [2.24, 2.45) is 0 Å². The summed E-state index contributed by atoms with van der Waals surface area (Å²) in [6, 6.07) is 11.5. The number of hydrogen-bond acceptors (Lipinski definition) is 2. The topological polar surface area (TPSA) is 6.48 Å². The molecule has 1 heterocycles. The highest BCUT2D eigenvalue weighted by Gasteiger charge is 2.19. The van der Waals surface area contributed by atoms with Crippen LogP contribution in [0, 0.1) is 0 Å². The minimum atomic E-state index is 0.701. The van der Waals surface area contributed by atoms with E-state index in [1.807, 2.05) is 0 Å². The Bertz CT molecular complexity index is 310. The Balaban J connectivity index is 1.98. The Hall–Kier alpha value is -0.860. The van der Waals surface area contributed by atoms with Crippen molar-refractivity contribution in [3.05, 3.63) is 35.9 Å². The zero-order chi connectivity index (χ0) is 11.4. The lowest BCUT2D eigenvalue weighted by molar-refractivity contribution is 0.250. The molecule has 0 amide bonds. The second-order valence-electron chi connectivity index (χ2n) is 4.92. The van der Waals surface area contributed by atoms with Crippen molar-refractivity contribution in [1.29, 1.82) is 0 Å². The fourth-order valence-electron chi connectivity index (χ4n) is 2.36. The van der Waals surface area contributed by atoms with Gasteiger partial charge in [-0.05, 0) is 39.0 Å². The van der Waals surface area contributed by atoms with Crippen LogP contribution in [0.15, 0.2) is 30.3 Å². The average Bonchev–Trinajstić information content (AvgIpc) is 2.46. The lowest BCUT2D eigenvalue weighted by Gasteiger charge is -2.25. The van der Waals surface area contributed by atoms with Crippen molar-refractivity contribution >= 4 is 0 Å². The Kier molecular flexibility index (Phi) is 3.97.